The lowest BCUT2D eigenvalue weighted by molar-refractivity contribution is 0.666. The van der Waals surface area contributed by atoms with E-state index < -0.39 is 0 Å². The minimum absolute atomic E-state index is 0.118. The van der Waals surface area contributed by atoms with E-state index >= 15 is 0 Å². The molecule has 9 aromatic carbocycles. The standard InChI is InChI=1S/C50H33N3/c1-50(2)43-19-11-10-18-41(43)45-40-17-9-8-16-39(40)44-38-26-24-35(29-33(38)22-27-42(44)46(45)50)49-52-47(31-13-4-3-5-14-31)51-48(53-49)34-23-25-37-32(28-34)21-20-30-12-6-7-15-36(30)37/h3-29H,1-2H3. The number of aromatic nitrogens is 3. The molecule has 53 heavy (non-hydrogen) atoms. The third-order valence-electron chi connectivity index (χ3n) is 11.4. The lowest BCUT2D eigenvalue weighted by Crippen LogP contribution is -2.15. The molecule has 0 fully saturated rings. The summed E-state index contributed by atoms with van der Waals surface area (Å²) >= 11 is 0. The second-order valence-corrected chi connectivity index (χ2v) is 14.8. The van der Waals surface area contributed by atoms with Gasteiger partial charge in [-0.2, -0.15) is 0 Å². The Labute approximate surface area is 307 Å². The lowest BCUT2D eigenvalue weighted by Gasteiger charge is -2.24. The van der Waals surface area contributed by atoms with E-state index in [0.29, 0.717) is 17.5 Å². The van der Waals surface area contributed by atoms with Crippen LogP contribution in [0.2, 0.25) is 0 Å². The topological polar surface area (TPSA) is 38.7 Å². The van der Waals surface area contributed by atoms with Crippen molar-refractivity contribution in [2.45, 2.75) is 19.3 Å². The van der Waals surface area contributed by atoms with Crippen molar-refractivity contribution in [3.05, 3.63) is 175 Å². The Kier molecular flexibility index (Phi) is 6.30. The second kappa shape index (κ2) is 11.1. The predicted octanol–water partition coefficient (Wildman–Crippen LogP) is 12.9. The monoisotopic (exact) mass is 675 g/mol. The van der Waals surface area contributed by atoms with Crippen LogP contribution in [-0.4, -0.2) is 15.0 Å². The SMILES string of the molecule is CC1(C)c2ccccc2-c2c1c1ccc3cc(-c4nc(-c5ccccc5)nc(-c5ccc6c(ccc7ccccc76)c5)n4)ccc3c1c1ccccc21. The van der Waals surface area contributed by atoms with Crippen molar-refractivity contribution in [2.24, 2.45) is 0 Å². The number of nitrogens with zero attached hydrogens (tertiary/aromatic N) is 3. The quantitative estimate of drug-likeness (QED) is 0.175. The Morgan fingerprint density at radius 3 is 1.68 bits per heavy atom. The average Bonchev–Trinajstić information content (AvgIpc) is 3.47. The van der Waals surface area contributed by atoms with Crippen molar-refractivity contribution in [3.8, 4) is 45.3 Å². The van der Waals surface area contributed by atoms with Gasteiger partial charge in [0.2, 0.25) is 0 Å². The number of hydrogen-bond acceptors (Lipinski definition) is 3. The van der Waals surface area contributed by atoms with Gasteiger partial charge in [-0.25, -0.2) is 15.0 Å². The molecule has 1 aromatic heterocycles. The van der Waals surface area contributed by atoms with Crippen LogP contribution in [0.1, 0.15) is 25.0 Å². The van der Waals surface area contributed by atoms with Crippen LogP contribution in [0.5, 0.6) is 0 Å². The maximum atomic E-state index is 5.15. The van der Waals surface area contributed by atoms with Gasteiger partial charge in [-0.15, -0.1) is 0 Å². The van der Waals surface area contributed by atoms with Crippen LogP contribution < -0.4 is 0 Å². The number of benzene rings is 9. The van der Waals surface area contributed by atoms with Crippen LogP contribution >= 0.6 is 0 Å². The molecule has 1 aliphatic rings. The summed E-state index contributed by atoms with van der Waals surface area (Å²) in [7, 11) is 0. The van der Waals surface area contributed by atoms with Gasteiger partial charge in [0.15, 0.2) is 17.5 Å². The van der Waals surface area contributed by atoms with Crippen molar-refractivity contribution in [1.29, 1.82) is 0 Å². The summed E-state index contributed by atoms with van der Waals surface area (Å²) in [4.78, 5) is 15.3. The summed E-state index contributed by atoms with van der Waals surface area (Å²) in [6.07, 6.45) is 0. The van der Waals surface area contributed by atoms with E-state index in [-0.39, 0.29) is 5.41 Å². The van der Waals surface area contributed by atoms with Gasteiger partial charge in [0.05, 0.1) is 0 Å². The van der Waals surface area contributed by atoms with Gasteiger partial charge in [0.1, 0.15) is 0 Å². The minimum Gasteiger partial charge on any atom is -0.208 e. The van der Waals surface area contributed by atoms with Crippen LogP contribution in [0, 0.1) is 0 Å². The zero-order chi connectivity index (χ0) is 35.3. The lowest BCUT2D eigenvalue weighted by atomic mass is 9.78. The highest BCUT2D eigenvalue weighted by atomic mass is 15.0. The first-order valence-corrected chi connectivity index (χ1v) is 18.3. The molecule has 1 aliphatic carbocycles. The molecule has 0 atom stereocenters. The van der Waals surface area contributed by atoms with E-state index in [4.69, 9.17) is 15.0 Å². The molecule has 0 spiro atoms. The highest BCUT2D eigenvalue weighted by Crippen LogP contribution is 2.55. The highest BCUT2D eigenvalue weighted by molar-refractivity contribution is 6.26. The Hall–Kier alpha value is -6.71. The van der Waals surface area contributed by atoms with Gasteiger partial charge in [0, 0.05) is 22.1 Å². The molecule has 0 N–H and O–H groups in total. The number of fused-ring (bicyclic) bond motifs is 13. The average molecular weight is 676 g/mol. The molecule has 11 rings (SSSR count). The van der Waals surface area contributed by atoms with Crippen LogP contribution in [0.15, 0.2) is 164 Å². The summed E-state index contributed by atoms with van der Waals surface area (Å²) < 4.78 is 0. The smallest absolute Gasteiger partial charge is 0.164 e. The van der Waals surface area contributed by atoms with Gasteiger partial charge in [-0.1, -0.05) is 166 Å². The maximum absolute atomic E-state index is 5.15. The first-order valence-electron chi connectivity index (χ1n) is 18.3. The van der Waals surface area contributed by atoms with E-state index in [1.165, 1.54) is 65.3 Å². The molecular formula is C50H33N3. The Morgan fingerprint density at radius 2 is 0.906 bits per heavy atom. The number of hydrogen-bond donors (Lipinski definition) is 0. The third kappa shape index (κ3) is 4.44. The van der Waals surface area contributed by atoms with Gasteiger partial charge in [-0.05, 0) is 88.2 Å². The van der Waals surface area contributed by atoms with E-state index in [9.17, 15) is 0 Å². The van der Waals surface area contributed by atoms with Crippen molar-refractivity contribution >= 4 is 53.9 Å². The summed E-state index contributed by atoms with van der Waals surface area (Å²) in [5.41, 5.74) is 8.29. The molecule has 0 bridgehead atoms. The first-order chi connectivity index (χ1) is 26.0. The largest absolute Gasteiger partial charge is 0.208 e. The first kappa shape index (κ1) is 30.0. The molecular weight excluding hydrogens is 643 g/mol. The van der Waals surface area contributed by atoms with Crippen molar-refractivity contribution < 1.29 is 0 Å². The molecule has 0 saturated carbocycles. The van der Waals surface area contributed by atoms with Crippen molar-refractivity contribution in [1.82, 2.24) is 15.0 Å². The molecule has 1 heterocycles. The van der Waals surface area contributed by atoms with E-state index in [1.54, 1.807) is 0 Å². The van der Waals surface area contributed by atoms with Crippen LogP contribution in [0.25, 0.3) is 99.2 Å². The summed E-state index contributed by atoms with van der Waals surface area (Å²) in [6, 6.07) is 58.8. The fraction of sp³-hybridized carbons (Fsp3) is 0.0600. The molecule has 0 radical (unpaired) electrons. The fourth-order valence-corrected chi connectivity index (χ4v) is 8.97. The Morgan fingerprint density at radius 1 is 0.377 bits per heavy atom. The van der Waals surface area contributed by atoms with Gasteiger partial charge in [-0.3, -0.25) is 0 Å². The molecule has 0 aliphatic heterocycles. The molecule has 248 valence electrons. The molecule has 3 heteroatoms. The molecule has 3 nitrogen and oxygen atoms in total. The molecule has 0 unspecified atom stereocenters. The van der Waals surface area contributed by atoms with Crippen LogP contribution in [0.3, 0.4) is 0 Å². The van der Waals surface area contributed by atoms with E-state index in [2.05, 4.69) is 159 Å². The van der Waals surface area contributed by atoms with Crippen molar-refractivity contribution in [3.63, 3.8) is 0 Å². The highest BCUT2D eigenvalue weighted by Gasteiger charge is 2.38. The predicted molar refractivity (Wildman–Crippen MR) is 221 cm³/mol. The van der Waals surface area contributed by atoms with E-state index in [0.717, 1.165) is 27.5 Å². The summed E-state index contributed by atoms with van der Waals surface area (Å²) in [5, 5.41) is 12.5. The second-order valence-electron chi connectivity index (χ2n) is 14.8. The zero-order valence-corrected chi connectivity index (χ0v) is 29.4. The molecule has 0 amide bonds. The molecule has 10 aromatic rings. The van der Waals surface area contributed by atoms with Crippen LogP contribution in [0.4, 0.5) is 0 Å². The summed E-state index contributed by atoms with van der Waals surface area (Å²) in [5.74, 6) is 1.97. The fourth-order valence-electron chi connectivity index (χ4n) is 8.97. The maximum Gasteiger partial charge on any atom is 0.164 e. The number of rotatable bonds is 3. The zero-order valence-electron chi connectivity index (χ0n) is 29.4. The van der Waals surface area contributed by atoms with Gasteiger partial charge < -0.3 is 0 Å². The van der Waals surface area contributed by atoms with Gasteiger partial charge >= 0.3 is 0 Å². The minimum atomic E-state index is -0.118. The van der Waals surface area contributed by atoms with E-state index in [1.807, 2.05) is 18.2 Å². The summed E-state index contributed by atoms with van der Waals surface area (Å²) in [6.45, 7) is 4.75. The third-order valence-corrected chi connectivity index (χ3v) is 11.4. The molecule has 0 saturated heterocycles. The Balaban J connectivity index is 1.12. The van der Waals surface area contributed by atoms with Crippen LogP contribution in [-0.2, 0) is 5.41 Å². The van der Waals surface area contributed by atoms with Gasteiger partial charge in [0.25, 0.3) is 0 Å². The van der Waals surface area contributed by atoms with Crippen molar-refractivity contribution in [2.75, 3.05) is 0 Å². The Bertz CT molecular complexity index is 3140. The normalized spacial score (nSPS) is 13.2.